The highest BCUT2D eigenvalue weighted by atomic mass is 19.1. The normalized spacial score (nSPS) is 11.0. The maximum absolute atomic E-state index is 15.2. The van der Waals surface area contributed by atoms with Crippen molar-refractivity contribution in [2.24, 2.45) is 0 Å². The van der Waals surface area contributed by atoms with Crippen LogP contribution < -0.4 is 4.74 Å². The van der Waals surface area contributed by atoms with Gasteiger partial charge in [0.15, 0.2) is 0 Å². The number of fused-ring (bicyclic) bond motifs is 1. The molecule has 0 fully saturated rings. The highest BCUT2D eigenvalue weighted by Crippen LogP contribution is 2.32. The molecule has 0 aliphatic heterocycles. The van der Waals surface area contributed by atoms with E-state index in [2.05, 4.69) is 37.3 Å². The minimum Gasteiger partial charge on any atom is -0.497 e. The Labute approximate surface area is 165 Å². The second kappa shape index (κ2) is 7.85. The van der Waals surface area contributed by atoms with E-state index in [4.69, 9.17) is 4.74 Å². The molecule has 0 atom stereocenters. The third-order valence-corrected chi connectivity index (χ3v) is 5.18. The van der Waals surface area contributed by atoms with Crippen LogP contribution in [0.3, 0.4) is 0 Å². The molecule has 0 amide bonds. The number of halogens is 1. The number of hydrogen-bond acceptors (Lipinski definition) is 1. The zero-order valence-corrected chi connectivity index (χ0v) is 16.2. The van der Waals surface area contributed by atoms with E-state index < -0.39 is 0 Å². The van der Waals surface area contributed by atoms with Gasteiger partial charge in [-0.1, -0.05) is 74.0 Å². The molecule has 0 spiro atoms. The summed E-state index contributed by atoms with van der Waals surface area (Å²) in [5.74, 6) is 0.576. The molecule has 0 saturated heterocycles. The van der Waals surface area contributed by atoms with Crippen molar-refractivity contribution in [1.29, 1.82) is 0 Å². The van der Waals surface area contributed by atoms with Crippen molar-refractivity contribution in [1.82, 2.24) is 0 Å². The SMILES string of the molecule is CCCc1ccc(-c2ccc3c(F)c(-c4ccc(OC)cc4)ccc3c2)cc1. The van der Waals surface area contributed by atoms with Crippen molar-refractivity contribution < 1.29 is 9.13 Å². The van der Waals surface area contributed by atoms with Crippen LogP contribution in [0.2, 0.25) is 0 Å². The summed E-state index contributed by atoms with van der Waals surface area (Å²) in [5.41, 5.74) is 5.05. The van der Waals surface area contributed by atoms with Crippen LogP contribution in [0.1, 0.15) is 18.9 Å². The van der Waals surface area contributed by atoms with Crippen LogP contribution in [0.4, 0.5) is 4.39 Å². The first kappa shape index (κ1) is 18.2. The van der Waals surface area contributed by atoms with Gasteiger partial charge in [0.1, 0.15) is 11.6 Å². The molecule has 0 unspecified atom stereocenters. The lowest BCUT2D eigenvalue weighted by atomic mass is 9.96. The predicted octanol–water partition coefficient (Wildman–Crippen LogP) is 7.27. The number of benzene rings is 4. The third kappa shape index (κ3) is 3.50. The van der Waals surface area contributed by atoms with Gasteiger partial charge in [-0.05, 0) is 52.3 Å². The van der Waals surface area contributed by atoms with Crippen LogP contribution in [0.5, 0.6) is 5.75 Å². The molecule has 0 bridgehead atoms. The lowest BCUT2D eigenvalue weighted by Crippen LogP contribution is -1.89. The number of rotatable bonds is 5. The molecule has 0 heterocycles. The quantitative estimate of drug-likeness (QED) is 0.359. The molecule has 0 aromatic heterocycles. The number of methoxy groups -OCH3 is 1. The summed E-state index contributed by atoms with van der Waals surface area (Å²) in [4.78, 5) is 0. The summed E-state index contributed by atoms with van der Waals surface area (Å²) in [5, 5.41) is 1.55. The minimum atomic E-state index is -0.187. The van der Waals surface area contributed by atoms with E-state index in [0.29, 0.717) is 10.9 Å². The van der Waals surface area contributed by atoms with Gasteiger partial charge < -0.3 is 4.74 Å². The van der Waals surface area contributed by atoms with E-state index in [1.807, 2.05) is 48.5 Å². The molecular weight excluding hydrogens is 347 g/mol. The van der Waals surface area contributed by atoms with E-state index in [1.165, 1.54) is 5.56 Å². The smallest absolute Gasteiger partial charge is 0.138 e. The zero-order valence-electron chi connectivity index (χ0n) is 16.2. The first-order chi connectivity index (χ1) is 13.7. The van der Waals surface area contributed by atoms with Crippen LogP contribution in [-0.2, 0) is 6.42 Å². The molecular formula is C26H23FO. The van der Waals surface area contributed by atoms with Gasteiger partial charge in [0.05, 0.1) is 7.11 Å². The number of hydrogen-bond donors (Lipinski definition) is 0. The largest absolute Gasteiger partial charge is 0.497 e. The van der Waals surface area contributed by atoms with Crippen LogP contribution in [0.15, 0.2) is 78.9 Å². The lowest BCUT2D eigenvalue weighted by molar-refractivity contribution is 0.415. The second-order valence-electron chi connectivity index (χ2n) is 7.04. The number of ether oxygens (including phenoxy) is 1. The Morgan fingerprint density at radius 1 is 0.750 bits per heavy atom. The van der Waals surface area contributed by atoms with Gasteiger partial charge in [0, 0.05) is 10.9 Å². The van der Waals surface area contributed by atoms with Gasteiger partial charge in [-0.3, -0.25) is 0 Å². The summed E-state index contributed by atoms with van der Waals surface area (Å²) in [7, 11) is 1.63. The average Bonchev–Trinajstić information content (AvgIpc) is 2.75. The van der Waals surface area contributed by atoms with Crippen LogP contribution in [0.25, 0.3) is 33.0 Å². The molecule has 4 aromatic rings. The van der Waals surface area contributed by atoms with Crippen molar-refractivity contribution in [3.63, 3.8) is 0 Å². The van der Waals surface area contributed by atoms with E-state index in [9.17, 15) is 0 Å². The molecule has 0 saturated carbocycles. The number of aryl methyl sites for hydroxylation is 1. The maximum atomic E-state index is 15.2. The topological polar surface area (TPSA) is 9.23 Å². The highest BCUT2D eigenvalue weighted by molar-refractivity contribution is 5.91. The summed E-state index contributed by atoms with van der Waals surface area (Å²) in [6.07, 6.45) is 2.24. The Hall–Kier alpha value is -3.13. The van der Waals surface area contributed by atoms with Crippen molar-refractivity contribution in [2.75, 3.05) is 7.11 Å². The van der Waals surface area contributed by atoms with E-state index in [0.717, 1.165) is 40.7 Å². The molecule has 2 heteroatoms. The molecule has 140 valence electrons. The summed E-state index contributed by atoms with van der Waals surface area (Å²) in [6, 6.07) is 25.9. The minimum absolute atomic E-state index is 0.187. The van der Waals surface area contributed by atoms with Crippen LogP contribution >= 0.6 is 0 Å². The summed E-state index contributed by atoms with van der Waals surface area (Å²) < 4.78 is 20.4. The first-order valence-electron chi connectivity index (χ1n) is 9.65. The zero-order chi connectivity index (χ0) is 19.5. The highest BCUT2D eigenvalue weighted by Gasteiger charge is 2.10. The Morgan fingerprint density at radius 2 is 1.43 bits per heavy atom. The molecule has 0 aliphatic carbocycles. The average molecular weight is 370 g/mol. The standard InChI is InChI=1S/C26H23FO/c1-3-4-18-5-7-19(8-6-18)21-11-15-25-22(17-21)12-16-24(26(25)27)20-9-13-23(28-2)14-10-20/h5-17H,3-4H2,1-2H3. The molecule has 4 aromatic carbocycles. The Bertz CT molecular complexity index is 1100. The van der Waals surface area contributed by atoms with Crippen molar-refractivity contribution in [3.05, 3.63) is 90.2 Å². The van der Waals surface area contributed by atoms with Gasteiger partial charge in [0.2, 0.25) is 0 Å². The fourth-order valence-corrected chi connectivity index (χ4v) is 3.62. The Kier molecular flexibility index (Phi) is 5.12. The van der Waals surface area contributed by atoms with Gasteiger partial charge >= 0.3 is 0 Å². The molecule has 0 aliphatic rings. The van der Waals surface area contributed by atoms with Gasteiger partial charge in [-0.25, -0.2) is 4.39 Å². The molecule has 0 N–H and O–H groups in total. The molecule has 28 heavy (non-hydrogen) atoms. The Balaban J connectivity index is 1.71. The van der Waals surface area contributed by atoms with Crippen molar-refractivity contribution >= 4 is 10.8 Å². The van der Waals surface area contributed by atoms with Crippen molar-refractivity contribution in [3.8, 4) is 28.0 Å². The first-order valence-corrected chi connectivity index (χ1v) is 9.65. The molecule has 1 nitrogen and oxygen atoms in total. The van der Waals surface area contributed by atoms with E-state index in [1.54, 1.807) is 7.11 Å². The van der Waals surface area contributed by atoms with Crippen LogP contribution in [0, 0.1) is 5.82 Å². The van der Waals surface area contributed by atoms with Gasteiger partial charge in [-0.15, -0.1) is 0 Å². The monoisotopic (exact) mass is 370 g/mol. The van der Waals surface area contributed by atoms with Crippen LogP contribution in [-0.4, -0.2) is 7.11 Å². The van der Waals surface area contributed by atoms with E-state index in [-0.39, 0.29) is 5.82 Å². The third-order valence-electron chi connectivity index (χ3n) is 5.18. The summed E-state index contributed by atoms with van der Waals surface area (Å²) >= 11 is 0. The fraction of sp³-hybridized carbons (Fsp3) is 0.154. The fourth-order valence-electron chi connectivity index (χ4n) is 3.62. The van der Waals surface area contributed by atoms with E-state index >= 15 is 4.39 Å². The maximum Gasteiger partial charge on any atom is 0.138 e. The lowest BCUT2D eigenvalue weighted by Gasteiger charge is -2.10. The van der Waals surface area contributed by atoms with Crippen molar-refractivity contribution in [2.45, 2.75) is 19.8 Å². The summed E-state index contributed by atoms with van der Waals surface area (Å²) in [6.45, 7) is 2.19. The second-order valence-corrected chi connectivity index (χ2v) is 7.04. The Morgan fingerprint density at radius 3 is 2.11 bits per heavy atom. The molecule has 4 rings (SSSR count). The molecule has 0 radical (unpaired) electrons. The van der Waals surface area contributed by atoms with Gasteiger partial charge in [0.25, 0.3) is 0 Å². The van der Waals surface area contributed by atoms with Gasteiger partial charge in [-0.2, -0.15) is 0 Å². The predicted molar refractivity (Wildman–Crippen MR) is 115 cm³/mol.